The predicted molar refractivity (Wildman–Crippen MR) is 115 cm³/mol. The number of aliphatic hydroxyl groups is 1. The molecule has 0 spiro atoms. The average Bonchev–Trinajstić information content (AvgIpc) is 3.41. The number of phenolic OH excluding ortho intramolecular Hbond substituents is 1. The lowest BCUT2D eigenvalue weighted by atomic mass is 9.73. The molecule has 0 amide bonds. The molecular formula is C25H23NO6. The molecule has 2 aromatic carbocycles. The Bertz CT molecular complexity index is 1140. The fourth-order valence-electron chi connectivity index (χ4n) is 5.40. The summed E-state index contributed by atoms with van der Waals surface area (Å²) >= 11 is 0. The lowest BCUT2D eigenvalue weighted by molar-refractivity contribution is -0.150. The predicted octanol–water partition coefficient (Wildman–Crippen LogP) is 2.72. The van der Waals surface area contributed by atoms with Crippen molar-refractivity contribution < 1.29 is 29.2 Å². The van der Waals surface area contributed by atoms with Gasteiger partial charge >= 0.3 is 5.97 Å². The molecule has 4 aliphatic rings. The van der Waals surface area contributed by atoms with E-state index in [1.807, 2.05) is 18.2 Å². The molecule has 0 radical (unpaired) electrons. The molecule has 1 saturated heterocycles. The van der Waals surface area contributed by atoms with Gasteiger partial charge in [-0.05, 0) is 53.5 Å². The molecule has 0 bridgehead atoms. The SMILES string of the molecule is O=C(/C=C/c1ccc(O)cc1)O[C@H]1C2c3cc4c(cc3CN3CCC(=C[C@@H]1O)C23)OCO4. The molecule has 4 atom stereocenters. The Hall–Kier alpha value is -3.29. The van der Waals surface area contributed by atoms with E-state index in [2.05, 4.69) is 4.90 Å². The van der Waals surface area contributed by atoms with Gasteiger partial charge in [-0.2, -0.15) is 0 Å². The van der Waals surface area contributed by atoms with E-state index in [1.165, 1.54) is 11.6 Å². The number of hydrogen-bond donors (Lipinski definition) is 2. The second-order valence-corrected chi connectivity index (χ2v) is 8.65. The summed E-state index contributed by atoms with van der Waals surface area (Å²) < 4.78 is 17.0. The van der Waals surface area contributed by atoms with Crippen molar-refractivity contribution in [2.45, 2.75) is 37.1 Å². The van der Waals surface area contributed by atoms with Crippen LogP contribution in [0.4, 0.5) is 0 Å². The van der Waals surface area contributed by atoms with E-state index in [-0.39, 0.29) is 24.5 Å². The van der Waals surface area contributed by atoms with Gasteiger partial charge in [0.25, 0.3) is 0 Å². The van der Waals surface area contributed by atoms with E-state index >= 15 is 0 Å². The van der Waals surface area contributed by atoms with Crippen LogP contribution >= 0.6 is 0 Å². The van der Waals surface area contributed by atoms with Crippen molar-refractivity contribution in [2.24, 2.45) is 0 Å². The fraction of sp³-hybridized carbons (Fsp3) is 0.320. The number of fused-ring (bicyclic) bond motifs is 3. The molecule has 6 rings (SSSR count). The van der Waals surface area contributed by atoms with Crippen LogP contribution in [0.25, 0.3) is 6.08 Å². The highest BCUT2D eigenvalue weighted by molar-refractivity contribution is 5.87. The van der Waals surface area contributed by atoms with Gasteiger partial charge in [-0.15, -0.1) is 0 Å². The standard InChI is InChI=1S/C25H23NO6/c27-17-4-1-14(2-5-17)3-6-22(29)32-25-19(28)9-15-7-8-26-12-16-10-20-21(31-13-30-20)11-18(16)23(25)24(15)26/h1-6,9-11,19,23-25,27-28H,7-8,12-13H2/b6-3+/t19-,23?,24?,25+/m0/s1. The summed E-state index contributed by atoms with van der Waals surface area (Å²) in [6, 6.07) is 10.6. The second-order valence-electron chi connectivity index (χ2n) is 8.65. The smallest absolute Gasteiger partial charge is 0.331 e. The molecule has 3 aliphatic heterocycles. The minimum atomic E-state index is -0.881. The first-order valence-electron chi connectivity index (χ1n) is 10.8. The summed E-state index contributed by atoms with van der Waals surface area (Å²) in [5.41, 5.74) is 4.13. The van der Waals surface area contributed by atoms with Crippen LogP contribution in [0.15, 0.2) is 54.1 Å². The van der Waals surface area contributed by atoms with Gasteiger partial charge in [0.1, 0.15) is 18.0 Å². The number of carbonyl (C=O) groups excluding carboxylic acids is 1. The maximum Gasteiger partial charge on any atom is 0.331 e. The second kappa shape index (κ2) is 7.39. The highest BCUT2D eigenvalue weighted by Gasteiger charge is 2.50. The number of benzene rings is 2. The summed E-state index contributed by atoms with van der Waals surface area (Å²) in [5.74, 6) is 0.890. The van der Waals surface area contributed by atoms with Crippen molar-refractivity contribution in [1.29, 1.82) is 0 Å². The molecule has 0 saturated carbocycles. The average molecular weight is 433 g/mol. The van der Waals surface area contributed by atoms with E-state index in [0.717, 1.165) is 42.0 Å². The van der Waals surface area contributed by atoms with Gasteiger partial charge in [-0.1, -0.05) is 23.8 Å². The monoisotopic (exact) mass is 433 g/mol. The molecule has 3 heterocycles. The van der Waals surface area contributed by atoms with Gasteiger partial charge in [0, 0.05) is 31.1 Å². The van der Waals surface area contributed by atoms with Crippen molar-refractivity contribution in [2.75, 3.05) is 13.3 Å². The maximum absolute atomic E-state index is 12.7. The minimum Gasteiger partial charge on any atom is -0.508 e. The number of carbonyl (C=O) groups is 1. The first-order valence-corrected chi connectivity index (χ1v) is 10.8. The third-order valence-corrected chi connectivity index (χ3v) is 6.80. The molecule has 2 unspecified atom stereocenters. The van der Waals surface area contributed by atoms with Gasteiger partial charge in [-0.25, -0.2) is 4.79 Å². The van der Waals surface area contributed by atoms with Gasteiger partial charge in [0.2, 0.25) is 6.79 Å². The van der Waals surface area contributed by atoms with Gasteiger partial charge < -0.3 is 24.4 Å². The Morgan fingerprint density at radius 3 is 2.75 bits per heavy atom. The molecule has 7 nitrogen and oxygen atoms in total. The summed E-state index contributed by atoms with van der Waals surface area (Å²) in [4.78, 5) is 15.1. The van der Waals surface area contributed by atoms with E-state index < -0.39 is 18.2 Å². The van der Waals surface area contributed by atoms with Crippen molar-refractivity contribution >= 4 is 12.0 Å². The number of phenols is 1. The van der Waals surface area contributed by atoms with Crippen LogP contribution in [0.2, 0.25) is 0 Å². The lowest BCUT2D eigenvalue weighted by Gasteiger charge is -2.45. The van der Waals surface area contributed by atoms with Crippen molar-refractivity contribution in [3.63, 3.8) is 0 Å². The van der Waals surface area contributed by atoms with Crippen LogP contribution < -0.4 is 9.47 Å². The fourth-order valence-corrected chi connectivity index (χ4v) is 5.40. The first-order chi connectivity index (χ1) is 15.6. The van der Waals surface area contributed by atoms with Crippen LogP contribution in [-0.2, 0) is 16.1 Å². The Morgan fingerprint density at radius 2 is 1.94 bits per heavy atom. The molecular weight excluding hydrogens is 410 g/mol. The highest BCUT2D eigenvalue weighted by atomic mass is 16.7. The topological polar surface area (TPSA) is 88.5 Å². The molecule has 1 fully saturated rings. The number of aliphatic hydroxyl groups excluding tert-OH is 1. The molecule has 1 aliphatic carbocycles. The molecule has 2 aromatic rings. The van der Waals surface area contributed by atoms with E-state index in [0.29, 0.717) is 5.75 Å². The quantitative estimate of drug-likeness (QED) is 0.437. The number of esters is 1. The normalized spacial score (nSPS) is 27.7. The van der Waals surface area contributed by atoms with Crippen molar-refractivity contribution in [1.82, 2.24) is 4.90 Å². The zero-order chi connectivity index (χ0) is 21.8. The van der Waals surface area contributed by atoms with E-state index in [9.17, 15) is 15.0 Å². The largest absolute Gasteiger partial charge is 0.508 e. The number of rotatable bonds is 3. The molecule has 0 aromatic heterocycles. The number of ether oxygens (including phenoxy) is 3. The van der Waals surface area contributed by atoms with Gasteiger partial charge in [0.15, 0.2) is 11.5 Å². The number of aromatic hydroxyl groups is 1. The molecule has 7 heteroatoms. The van der Waals surface area contributed by atoms with E-state index in [1.54, 1.807) is 30.3 Å². The summed E-state index contributed by atoms with van der Waals surface area (Å²) in [7, 11) is 0. The molecule has 164 valence electrons. The summed E-state index contributed by atoms with van der Waals surface area (Å²) in [6.07, 6.45) is 4.16. The Morgan fingerprint density at radius 1 is 1.16 bits per heavy atom. The summed E-state index contributed by atoms with van der Waals surface area (Å²) in [5, 5.41) is 20.3. The summed E-state index contributed by atoms with van der Waals surface area (Å²) in [6.45, 7) is 1.90. The Kier molecular flexibility index (Phi) is 4.48. The van der Waals surface area contributed by atoms with Gasteiger partial charge in [0.05, 0.1) is 0 Å². The van der Waals surface area contributed by atoms with Crippen molar-refractivity contribution in [3.05, 3.63) is 70.8 Å². The molecule has 32 heavy (non-hydrogen) atoms. The van der Waals surface area contributed by atoms with Crippen LogP contribution in [0.3, 0.4) is 0 Å². The third kappa shape index (κ3) is 3.16. The van der Waals surface area contributed by atoms with Crippen LogP contribution in [-0.4, -0.2) is 52.7 Å². The van der Waals surface area contributed by atoms with E-state index in [4.69, 9.17) is 14.2 Å². The highest BCUT2D eigenvalue weighted by Crippen LogP contribution is 2.50. The maximum atomic E-state index is 12.7. The Labute approximate surface area is 185 Å². The zero-order valence-electron chi connectivity index (χ0n) is 17.3. The lowest BCUT2D eigenvalue weighted by Crippen LogP contribution is -2.51. The van der Waals surface area contributed by atoms with Crippen molar-refractivity contribution in [3.8, 4) is 17.2 Å². The molecule has 2 N–H and O–H groups in total. The first kappa shape index (κ1) is 19.4. The van der Waals surface area contributed by atoms with Crippen LogP contribution in [0.1, 0.15) is 29.0 Å². The number of nitrogens with zero attached hydrogens (tertiary/aromatic N) is 1. The van der Waals surface area contributed by atoms with Crippen LogP contribution in [0, 0.1) is 0 Å². The third-order valence-electron chi connectivity index (χ3n) is 6.80. The zero-order valence-corrected chi connectivity index (χ0v) is 17.3. The van der Waals surface area contributed by atoms with Gasteiger partial charge in [-0.3, -0.25) is 4.90 Å². The van der Waals surface area contributed by atoms with Crippen LogP contribution in [0.5, 0.6) is 17.2 Å². The minimum absolute atomic E-state index is 0.102. The Balaban J connectivity index is 1.32. The number of hydrogen-bond acceptors (Lipinski definition) is 7.